The van der Waals surface area contributed by atoms with Gasteiger partial charge in [-0.3, -0.25) is 4.79 Å². The molecule has 122 valence electrons. The van der Waals surface area contributed by atoms with Crippen LogP contribution in [0.15, 0.2) is 59.0 Å². The molecule has 0 atom stereocenters. The van der Waals surface area contributed by atoms with Crippen LogP contribution in [-0.2, 0) is 16.0 Å². The molecule has 0 aliphatic heterocycles. The average molecular weight is 323 g/mol. The summed E-state index contributed by atoms with van der Waals surface area (Å²) in [4.78, 5) is 23.9. The van der Waals surface area contributed by atoms with E-state index in [1.54, 1.807) is 18.2 Å². The molecule has 3 rings (SSSR count). The second-order valence-electron chi connectivity index (χ2n) is 5.33. The quantitative estimate of drug-likeness (QED) is 0.725. The molecule has 2 aromatic carbocycles. The molecule has 24 heavy (non-hydrogen) atoms. The van der Waals surface area contributed by atoms with Crippen LogP contribution < -0.4 is 5.32 Å². The Morgan fingerprint density at radius 3 is 2.71 bits per heavy atom. The van der Waals surface area contributed by atoms with Gasteiger partial charge in [0.15, 0.2) is 6.61 Å². The number of para-hydroxylation sites is 1. The number of aryl methyl sites for hydroxylation is 1. The molecular formula is C19H17NO4. The van der Waals surface area contributed by atoms with E-state index in [0.717, 1.165) is 17.4 Å². The number of hydrogen-bond donors (Lipinski definition) is 1. The summed E-state index contributed by atoms with van der Waals surface area (Å²) in [5.41, 5.74) is 2.40. The van der Waals surface area contributed by atoms with Gasteiger partial charge in [0.2, 0.25) is 5.76 Å². The number of furan rings is 1. The first-order chi connectivity index (χ1) is 11.7. The number of fused-ring (bicyclic) bond motifs is 1. The molecule has 3 aromatic rings. The van der Waals surface area contributed by atoms with Crippen LogP contribution in [0.2, 0.25) is 0 Å². The van der Waals surface area contributed by atoms with E-state index in [1.807, 2.05) is 43.3 Å². The predicted molar refractivity (Wildman–Crippen MR) is 90.9 cm³/mol. The third-order valence-electron chi connectivity index (χ3n) is 3.58. The summed E-state index contributed by atoms with van der Waals surface area (Å²) in [6.45, 7) is 1.67. The average Bonchev–Trinajstić information content (AvgIpc) is 3.04. The summed E-state index contributed by atoms with van der Waals surface area (Å²) in [6.07, 6.45) is 0.880. The van der Waals surface area contributed by atoms with Gasteiger partial charge in [-0.1, -0.05) is 37.3 Å². The zero-order valence-corrected chi connectivity index (χ0v) is 13.2. The minimum atomic E-state index is -0.663. The Morgan fingerprint density at radius 2 is 1.92 bits per heavy atom. The van der Waals surface area contributed by atoms with Crippen LogP contribution in [0.3, 0.4) is 0 Å². The van der Waals surface area contributed by atoms with Crippen molar-refractivity contribution in [2.75, 3.05) is 11.9 Å². The third-order valence-corrected chi connectivity index (χ3v) is 3.58. The van der Waals surface area contributed by atoms with Crippen LogP contribution in [0.5, 0.6) is 0 Å². The number of amides is 1. The van der Waals surface area contributed by atoms with Crippen molar-refractivity contribution in [1.82, 2.24) is 0 Å². The van der Waals surface area contributed by atoms with E-state index in [1.165, 1.54) is 0 Å². The van der Waals surface area contributed by atoms with E-state index in [2.05, 4.69) is 5.32 Å². The number of nitrogens with one attached hydrogen (secondary N) is 1. The minimum absolute atomic E-state index is 0.0805. The van der Waals surface area contributed by atoms with E-state index >= 15 is 0 Å². The van der Waals surface area contributed by atoms with Crippen LogP contribution >= 0.6 is 0 Å². The van der Waals surface area contributed by atoms with Gasteiger partial charge in [-0.2, -0.15) is 0 Å². The van der Waals surface area contributed by atoms with Crippen molar-refractivity contribution in [2.45, 2.75) is 13.3 Å². The van der Waals surface area contributed by atoms with Gasteiger partial charge in [-0.05, 0) is 36.2 Å². The van der Waals surface area contributed by atoms with Crippen molar-refractivity contribution in [2.24, 2.45) is 0 Å². The molecule has 5 heteroatoms. The Morgan fingerprint density at radius 1 is 1.08 bits per heavy atom. The molecular weight excluding hydrogens is 306 g/mol. The number of hydrogen-bond acceptors (Lipinski definition) is 4. The van der Waals surface area contributed by atoms with Gasteiger partial charge in [0, 0.05) is 11.1 Å². The van der Waals surface area contributed by atoms with Gasteiger partial charge in [0.05, 0.1) is 0 Å². The van der Waals surface area contributed by atoms with Crippen LogP contribution in [0.25, 0.3) is 11.0 Å². The van der Waals surface area contributed by atoms with E-state index in [9.17, 15) is 9.59 Å². The highest BCUT2D eigenvalue weighted by atomic mass is 16.5. The lowest BCUT2D eigenvalue weighted by Gasteiger charge is -2.07. The predicted octanol–water partition coefficient (Wildman–Crippen LogP) is 3.79. The standard InChI is InChI=1S/C19H17NO4/c1-2-13-6-5-8-15(10-13)20-18(21)12-23-19(22)17-11-14-7-3-4-9-16(14)24-17/h3-11H,2,12H2,1H3,(H,20,21). The minimum Gasteiger partial charge on any atom is -0.450 e. The maximum atomic E-state index is 12.0. The number of carbonyl (C=O) groups excluding carboxylic acids is 2. The molecule has 0 aliphatic rings. The number of rotatable bonds is 5. The molecule has 0 unspecified atom stereocenters. The molecule has 0 saturated heterocycles. The maximum Gasteiger partial charge on any atom is 0.374 e. The van der Waals surface area contributed by atoms with Gasteiger partial charge >= 0.3 is 5.97 Å². The Kier molecular flexibility index (Phi) is 4.61. The summed E-state index contributed by atoms with van der Waals surface area (Å²) in [5.74, 6) is -0.978. The first kappa shape index (κ1) is 15.8. The van der Waals surface area contributed by atoms with Crippen LogP contribution in [-0.4, -0.2) is 18.5 Å². The van der Waals surface area contributed by atoms with Crippen LogP contribution in [0.1, 0.15) is 23.0 Å². The summed E-state index contributed by atoms with van der Waals surface area (Å²) < 4.78 is 10.4. The van der Waals surface area contributed by atoms with Gasteiger partial charge in [0.25, 0.3) is 5.91 Å². The fourth-order valence-corrected chi connectivity index (χ4v) is 2.35. The zero-order chi connectivity index (χ0) is 16.9. The highest BCUT2D eigenvalue weighted by molar-refractivity contribution is 5.96. The largest absolute Gasteiger partial charge is 0.450 e. The highest BCUT2D eigenvalue weighted by Crippen LogP contribution is 2.19. The number of ether oxygens (including phenoxy) is 1. The number of esters is 1. The van der Waals surface area contributed by atoms with Crippen molar-refractivity contribution in [3.63, 3.8) is 0 Å². The van der Waals surface area contributed by atoms with Crippen molar-refractivity contribution < 1.29 is 18.7 Å². The molecule has 0 bridgehead atoms. The maximum absolute atomic E-state index is 12.0. The molecule has 1 aromatic heterocycles. The molecule has 1 heterocycles. The molecule has 1 amide bonds. The molecule has 5 nitrogen and oxygen atoms in total. The first-order valence-electron chi connectivity index (χ1n) is 7.70. The fourth-order valence-electron chi connectivity index (χ4n) is 2.35. The van der Waals surface area contributed by atoms with Gasteiger partial charge in [-0.15, -0.1) is 0 Å². The first-order valence-corrected chi connectivity index (χ1v) is 7.70. The number of anilines is 1. The smallest absolute Gasteiger partial charge is 0.374 e. The second kappa shape index (κ2) is 7.00. The molecule has 0 spiro atoms. The second-order valence-corrected chi connectivity index (χ2v) is 5.33. The van der Waals surface area contributed by atoms with Crippen LogP contribution in [0.4, 0.5) is 5.69 Å². The van der Waals surface area contributed by atoms with E-state index in [4.69, 9.17) is 9.15 Å². The number of benzene rings is 2. The Balaban J connectivity index is 1.58. The third kappa shape index (κ3) is 3.63. The molecule has 1 N–H and O–H groups in total. The fraction of sp³-hybridized carbons (Fsp3) is 0.158. The summed E-state index contributed by atoms with van der Waals surface area (Å²) in [6, 6.07) is 16.4. The summed E-state index contributed by atoms with van der Waals surface area (Å²) >= 11 is 0. The van der Waals surface area contributed by atoms with Gasteiger partial charge in [-0.25, -0.2) is 4.79 Å². The van der Waals surface area contributed by atoms with Gasteiger partial charge in [0.1, 0.15) is 5.58 Å². The monoisotopic (exact) mass is 323 g/mol. The lowest BCUT2D eigenvalue weighted by molar-refractivity contribution is -0.119. The topological polar surface area (TPSA) is 68.5 Å². The zero-order valence-electron chi connectivity index (χ0n) is 13.2. The SMILES string of the molecule is CCc1cccc(NC(=O)COC(=O)c2cc3ccccc3o2)c1. The normalized spacial score (nSPS) is 10.5. The Hall–Kier alpha value is -3.08. The molecule has 0 fully saturated rings. The molecule has 0 radical (unpaired) electrons. The van der Waals surface area contributed by atoms with Crippen molar-refractivity contribution in [1.29, 1.82) is 0 Å². The highest BCUT2D eigenvalue weighted by Gasteiger charge is 2.15. The lowest BCUT2D eigenvalue weighted by atomic mass is 10.1. The molecule has 0 saturated carbocycles. The Bertz CT molecular complexity index is 849. The van der Waals surface area contributed by atoms with Crippen molar-refractivity contribution in [3.8, 4) is 0 Å². The number of carbonyl (C=O) groups is 2. The Labute approximate surface area is 139 Å². The van der Waals surface area contributed by atoms with Crippen LogP contribution in [0, 0.1) is 0 Å². The lowest BCUT2D eigenvalue weighted by Crippen LogP contribution is -2.20. The van der Waals surface area contributed by atoms with Crippen molar-refractivity contribution >= 4 is 28.5 Å². The molecule has 0 aliphatic carbocycles. The van der Waals surface area contributed by atoms with Crippen molar-refractivity contribution in [3.05, 3.63) is 65.9 Å². The van der Waals surface area contributed by atoms with Gasteiger partial charge < -0.3 is 14.5 Å². The van der Waals surface area contributed by atoms with E-state index in [-0.39, 0.29) is 12.4 Å². The van der Waals surface area contributed by atoms with E-state index in [0.29, 0.717) is 11.3 Å². The summed E-state index contributed by atoms with van der Waals surface area (Å²) in [7, 11) is 0. The van der Waals surface area contributed by atoms with E-state index < -0.39 is 11.9 Å². The summed E-state index contributed by atoms with van der Waals surface area (Å²) in [5, 5.41) is 3.51.